The second-order valence-electron chi connectivity index (χ2n) is 9.13. The molecule has 0 bridgehead atoms. The van der Waals surface area contributed by atoms with E-state index in [4.69, 9.17) is 9.47 Å². The number of ketones is 2. The second kappa shape index (κ2) is 9.81. The van der Waals surface area contributed by atoms with Gasteiger partial charge in [0.15, 0.2) is 0 Å². The molecule has 1 N–H and O–H groups in total. The van der Waals surface area contributed by atoms with Crippen molar-refractivity contribution in [3.8, 4) is 5.75 Å². The maximum atomic E-state index is 13.8. The van der Waals surface area contributed by atoms with Crippen molar-refractivity contribution in [3.63, 3.8) is 0 Å². The van der Waals surface area contributed by atoms with Crippen molar-refractivity contribution in [1.29, 1.82) is 0 Å². The number of carbonyl (C=O) groups is 3. The third kappa shape index (κ3) is 4.30. The third-order valence-electron chi connectivity index (χ3n) is 6.33. The van der Waals surface area contributed by atoms with Crippen molar-refractivity contribution in [2.24, 2.45) is 5.92 Å². The van der Waals surface area contributed by atoms with Gasteiger partial charge >= 0.3 is 5.97 Å². The second-order valence-corrected chi connectivity index (χ2v) is 9.13. The summed E-state index contributed by atoms with van der Waals surface area (Å²) >= 11 is 0. The molecular weight excluding hydrogens is 462 g/mol. The molecule has 8 nitrogen and oxygen atoms in total. The number of benzene rings is 2. The minimum Gasteiger partial charge on any atom is -0.507 e. The van der Waals surface area contributed by atoms with Crippen molar-refractivity contribution in [3.05, 3.63) is 81.1 Å². The summed E-state index contributed by atoms with van der Waals surface area (Å²) in [5.74, 6) is -3.42. The molecule has 0 saturated carbocycles. The first-order chi connectivity index (χ1) is 17.2. The van der Waals surface area contributed by atoms with Crippen LogP contribution in [0.1, 0.15) is 47.7 Å². The van der Waals surface area contributed by atoms with E-state index in [1.807, 2.05) is 13.8 Å². The zero-order valence-corrected chi connectivity index (χ0v) is 20.5. The highest BCUT2D eigenvalue weighted by atomic mass is 16.5. The molecule has 0 radical (unpaired) electrons. The van der Waals surface area contributed by atoms with Crippen LogP contribution in [-0.4, -0.2) is 41.4 Å². The summed E-state index contributed by atoms with van der Waals surface area (Å²) in [6.07, 6.45) is -0.413. The number of ether oxygens (including phenoxy) is 2. The fourth-order valence-corrected chi connectivity index (χ4v) is 4.64. The molecule has 0 amide bonds. The number of rotatable bonds is 7. The standard InChI is InChI=1S/C28H27NO7/c1-15(2)14-29-22-10-9-17(35-3)11-16(22)12-21(28(29)34)20(13-23(30)36-4)24-25(31)18-7-5-6-8-19(18)26(32)27(24)33/h5-12,15,20,31H,13-14H2,1-4H3. The normalized spacial score (nSPS) is 14.2. The Morgan fingerprint density at radius 1 is 0.972 bits per heavy atom. The lowest BCUT2D eigenvalue weighted by Gasteiger charge is -2.25. The minimum absolute atomic E-state index is 0.0704. The van der Waals surface area contributed by atoms with Crippen LogP contribution in [-0.2, 0) is 20.9 Å². The van der Waals surface area contributed by atoms with Gasteiger partial charge in [-0.05, 0) is 30.2 Å². The Hall–Kier alpha value is -4.20. The van der Waals surface area contributed by atoms with E-state index >= 15 is 0 Å². The fraction of sp³-hybridized carbons (Fsp3) is 0.286. The number of carbonyl (C=O) groups excluding carboxylic acids is 3. The summed E-state index contributed by atoms with van der Waals surface area (Å²) in [6, 6.07) is 13.1. The number of hydrogen-bond donors (Lipinski definition) is 1. The van der Waals surface area contributed by atoms with Gasteiger partial charge in [0.1, 0.15) is 11.5 Å². The number of pyridine rings is 1. The van der Waals surface area contributed by atoms with Gasteiger partial charge in [-0.1, -0.05) is 38.1 Å². The van der Waals surface area contributed by atoms with E-state index in [0.29, 0.717) is 23.2 Å². The maximum Gasteiger partial charge on any atom is 0.306 e. The molecule has 0 spiro atoms. The summed E-state index contributed by atoms with van der Waals surface area (Å²) in [5, 5.41) is 11.8. The zero-order chi connectivity index (χ0) is 26.1. The Morgan fingerprint density at radius 2 is 1.67 bits per heavy atom. The summed E-state index contributed by atoms with van der Waals surface area (Å²) in [5.41, 5.74) is 0.292. The minimum atomic E-state index is -1.20. The fourth-order valence-electron chi connectivity index (χ4n) is 4.64. The molecule has 8 heteroatoms. The van der Waals surface area contributed by atoms with Crippen LogP contribution in [0.2, 0.25) is 0 Å². The highest BCUT2D eigenvalue weighted by molar-refractivity contribution is 6.52. The Kier molecular flexibility index (Phi) is 6.79. The molecule has 1 unspecified atom stereocenters. The number of methoxy groups -OCH3 is 2. The first-order valence-corrected chi connectivity index (χ1v) is 11.6. The van der Waals surface area contributed by atoms with E-state index in [1.165, 1.54) is 26.4 Å². The van der Waals surface area contributed by atoms with Gasteiger partial charge in [-0.3, -0.25) is 19.2 Å². The number of aliphatic hydroxyl groups is 1. The van der Waals surface area contributed by atoms with Crippen LogP contribution in [0.25, 0.3) is 16.7 Å². The summed E-state index contributed by atoms with van der Waals surface area (Å²) < 4.78 is 11.8. The van der Waals surface area contributed by atoms with Crippen molar-refractivity contribution >= 4 is 34.2 Å². The number of allylic oxidation sites excluding steroid dienone is 1. The van der Waals surface area contributed by atoms with E-state index in [-0.39, 0.29) is 28.2 Å². The van der Waals surface area contributed by atoms with E-state index in [9.17, 15) is 24.3 Å². The summed E-state index contributed by atoms with van der Waals surface area (Å²) in [6.45, 7) is 4.31. The van der Waals surface area contributed by atoms with Gasteiger partial charge in [0, 0.05) is 34.5 Å². The van der Waals surface area contributed by atoms with Gasteiger partial charge in [-0.2, -0.15) is 0 Å². The predicted molar refractivity (Wildman–Crippen MR) is 134 cm³/mol. The van der Waals surface area contributed by atoms with Gasteiger partial charge in [-0.15, -0.1) is 0 Å². The van der Waals surface area contributed by atoms with E-state index in [0.717, 1.165) is 0 Å². The Morgan fingerprint density at radius 3 is 2.31 bits per heavy atom. The molecule has 186 valence electrons. The molecule has 1 atom stereocenters. The van der Waals surface area contributed by atoms with Crippen LogP contribution in [0, 0.1) is 5.92 Å². The molecule has 4 rings (SSSR count). The average Bonchev–Trinajstić information content (AvgIpc) is 2.87. The van der Waals surface area contributed by atoms with Gasteiger partial charge in [0.05, 0.1) is 31.7 Å². The predicted octanol–water partition coefficient (Wildman–Crippen LogP) is 4.05. The Balaban J connectivity index is 2.05. The molecule has 2 aromatic carbocycles. The van der Waals surface area contributed by atoms with Crippen LogP contribution < -0.4 is 10.3 Å². The van der Waals surface area contributed by atoms with Crippen molar-refractivity contribution < 1.29 is 29.0 Å². The van der Waals surface area contributed by atoms with Crippen molar-refractivity contribution in [2.45, 2.75) is 32.7 Å². The van der Waals surface area contributed by atoms with Gasteiger partial charge in [0.25, 0.3) is 5.56 Å². The van der Waals surface area contributed by atoms with Crippen molar-refractivity contribution in [2.75, 3.05) is 14.2 Å². The van der Waals surface area contributed by atoms with Gasteiger partial charge < -0.3 is 19.1 Å². The molecule has 0 fully saturated rings. The Bertz CT molecular complexity index is 1480. The Labute approximate surface area is 207 Å². The molecule has 1 aliphatic carbocycles. The van der Waals surface area contributed by atoms with Gasteiger partial charge in [0.2, 0.25) is 11.6 Å². The molecule has 36 heavy (non-hydrogen) atoms. The first kappa shape index (κ1) is 24.9. The van der Waals surface area contributed by atoms with E-state index in [2.05, 4.69) is 0 Å². The molecule has 1 heterocycles. The number of aromatic nitrogens is 1. The van der Waals surface area contributed by atoms with Crippen LogP contribution in [0.5, 0.6) is 5.75 Å². The van der Waals surface area contributed by atoms with E-state index < -0.39 is 41.2 Å². The van der Waals surface area contributed by atoms with Gasteiger partial charge in [-0.25, -0.2) is 0 Å². The maximum absolute atomic E-state index is 13.8. The van der Waals surface area contributed by atoms with Crippen LogP contribution in [0.3, 0.4) is 0 Å². The van der Waals surface area contributed by atoms with Crippen LogP contribution in [0.15, 0.2) is 58.9 Å². The number of fused-ring (bicyclic) bond motifs is 2. The lowest BCUT2D eigenvalue weighted by Crippen LogP contribution is -2.33. The highest BCUT2D eigenvalue weighted by Gasteiger charge is 2.39. The molecule has 0 saturated heterocycles. The number of nitrogens with zero attached hydrogens (tertiary/aromatic N) is 1. The molecular formula is C28H27NO7. The zero-order valence-electron chi connectivity index (χ0n) is 20.5. The molecule has 1 aromatic heterocycles. The number of esters is 1. The molecule has 3 aromatic rings. The van der Waals surface area contributed by atoms with Crippen LogP contribution in [0.4, 0.5) is 0 Å². The smallest absolute Gasteiger partial charge is 0.306 e. The average molecular weight is 490 g/mol. The third-order valence-corrected chi connectivity index (χ3v) is 6.33. The SMILES string of the molecule is COC(=O)CC(C1=C(O)c2ccccc2C(=O)C1=O)c1cc2cc(OC)ccc2n(CC(C)C)c1=O. The molecule has 1 aliphatic rings. The first-order valence-electron chi connectivity index (χ1n) is 11.6. The van der Waals surface area contributed by atoms with E-state index in [1.54, 1.807) is 41.0 Å². The topological polar surface area (TPSA) is 112 Å². The van der Waals surface area contributed by atoms with Crippen molar-refractivity contribution in [1.82, 2.24) is 4.57 Å². The number of Topliss-reactive ketones (excluding diaryl/α,β-unsaturated/α-hetero) is 2. The summed E-state index contributed by atoms with van der Waals surface area (Å²) in [7, 11) is 2.72. The number of hydrogen-bond acceptors (Lipinski definition) is 7. The largest absolute Gasteiger partial charge is 0.507 e. The monoisotopic (exact) mass is 489 g/mol. The van der Waals surface area contributed by atoms with Crippen LogP contribution >= 0.6 is 0 Å². The number of aliphatic hydroxyl groups excluding tert-OH is 1. The lowest BCUT2D eigenvalue weighted by molar-refractivity contribution is -0.140. The molecule has 0 aliphatic heterocycles. The highest BCUT2D eigenvalue weighted by Crippen LogP contribution is 2.38. The lowest BCUT2D eigenvalue weighted by atomic mass is 9.78. The quantitative estimate of drug-likeness (QED) is 0.394. The summed E-state index contributed by atoms with van der Waals surface area (Å²) in [4.78, 5) is 52.5.